The number of benzene rings is 3. The molecule has 1 heterocycles. The first-order chi connectivity index (χ1) is 12.2. The molecule has 0 fully saturated rings. The number of nitrogens with zero attached hydrogens (tertiary/aromatic N) is 1. The maximum atomic E-state index is 12.1. The van der Waals surface area contributed by atoms with Gasteiger partial charge in [0.15, 0.2) is 5.70 Å². The fourth-order valence-corrected chi connectivity index (χ4v) is 2.87. The molecule has 1 aliphatic heterocycles. The Morgan fingerprint density at radius 2 is 1.72 bits per heavy atom. The second-order valence-electron chi connectivity index (χ2n) is 5.99. The highest BCUT2D eigenvalue weighted by Gasteiger charge is 2.24. The van der Waals surface area contributed by atoms with Crippen molar-refractivity contribution in [1.29, 1.82) is 0 Å². The molecule has 3 aromatic carbocycles. The number of cyclic esters (lactones) is 1. The van der Waals surface area contributed by atoms with Gasteiger partial charge in [0.2, 0.25) is 5.90 Å². The molecule has 0 aliphatic carbocycles. The van der Waals surface area contributed by atoms with E-state index in [4.69, 9.17) is 4.74 Å². The maximum Gasteiger partial charge on any atom is 0.363 e. The van der Waals surface area contributed by atoms with Crippen molar-refractivity contribution in [3.8, 4) is 0 Å². The molecule has 0 spiro atoms. The van der Waals surface area contributed by atoms with Gasteiger partial charge >= 0.3 is 5.97 Å². The first kappa shape index (κ1) is 15.3. The molecule has 0 amide bonds. The Labute approximate surface area is 146 Å². The zero-order valence-corrected chi connectivity index (χ0v) is 13.9. The minimum atomic E-state index is -0.414. The van der Waals surface area contributed by atoms with Gasteiger partial charge in [0.05, 0.1) is 0 Å². The number of rotatable bonds is 3. The third kappa shape index (κ3) is 3.09. The van der Waals surface area contributed by atoms with Gasteiger partial charge in [-0.15, -0.1) is 0 Å². The normalized spacial score (nSPS) is 15.5. The molecule has 4 rings (SSSR count). The van der Waals surface area contributed by atoms with E-state index in [0.29, 0.717) is 11.6 Å². The van der Waals surface area contributed by atoms with Crippen LogP contribution in [0.3, 0.4) is 0 Å². The molecule has 0 saturated heterocycles. The van der Waals surface area contributed by atoms with Crippen LogP contribution in [0.2, 0.25) is 0 Å². The van der Waals surface area contributed by atoms with Gasteiger partial charge in [-0.25, -0.2) is 9.79 Å². The fourth-order valence-electron chi connectivity index (χ4n) is 2.87. The summed E-state index contributed by atoms with van der Waals surface area (Å²) in [5.74, 6) is -0.0533. The van der Waals surface area contributed by atoms with E-state index in [2.05, 4.69) is 18.0 Å². The summed E-state index contributed by atoms with van der Waals surface area (Å²) in [6, 6.07) is 22.1. The zero-order valence-electron chi connectivity index (χ0n) is 13.9. The van der Waals surface area contributed by atoms with Crippen molar-refractivity contribution in [3.05, 3.63) is 89.1 Å². The summed E-state index contributed by atoms with van der Waals surface area (Å²) in [6.45, 7) is 2.10. The van der Waals surface area contributed by atoms with Crippen LogP contribution in [0.5, 0.6) is 0 Å². The first-order valence-corrected chi connectivity index (χ1v) is 8.33. The number of fused-ring (bicyclic) bond motifs is 1. The van der Waals surface area contributed by atoms with Crippen molar-refractivity contribution in [2.75, 3.05) is 0 Å². The van der Waals surface area contributed by atoms with Gasteiger partial charge in [-0.3, -0.25) is 0 Å². The number of ether oxygens (including phenoxy) is 1. The maximum absolute atomic E-state index is 12.1. The molecule has 3 aromatic rings. The average Bonchev–Trinajstić information content (AvgIpc) is 3.02. The molecule has 0 saturated carbocycles. The predicted octanol–water partition coefficient (Wildman–Crippen LogP) is 4.75. The fraction of sp³-hybridized carbons (Fsp3) is 0.0909. The van der Waals surface area contributed by atoms with Gasteiger partial charge in [-0.2, -0.15) is 0 Å². The van der Waals surface area contributed by atoms with Crippen LogP contribution in [0.25, 0.3) is 16.8 Å². The number of carbonyl (C=O) groups is 1. The van der Waals surface area contributed by atoms with Crippen molar-refractivity contribution >= 4 is 28.7 Å². The summed E-state index contributed by atoms with van der Waals surface area (Å²) in [4.78, 5) is 16.5. The van der Waals surface area contributed by atoms with Crippen LogP contribution in [-0.4, -0.2) is 11.9 Å². The number of hydrogen-bond donors (Lipinski definition) is 0. The lowest BCUT2D eigenvalue weighted by atomic mass is 10.1. The SMILES string of the molecule is CCc1ccc(C2=N/C(=C\c3ccc4ccccc4c3)C(=O)O2)cc1. The molecule has 0 unspecified atom stereocenters. The van der Waals surface area contributed by atoms with Gasteiger partial charge < -0.3 is 4.74 Å². The quantitative estimate of drug-likeness (QED) is 0.514. The number of hydrogen-bond acceptors (Lipinski definition) is 3. The van der Waals surface area contributed by atoms with Crippen molar-refractivity contribution in [1.82, 2.24) is 0 Å². The number of esters is 1. The summed E-state index contributed by atoms with van der Waals surface area (Å²) < 4.78 is 5.34. The molecule has 0 atom stereocenters. The van der Waals surface area contributed by atoms with Gasteiger partial charge in [-0.1, -0.05) is 55.5 Å². The highest BCUT2D eigenvalue weighted by molar-refractivity contribution is 6.13. The largest absolute Gasteiger partial charge is 0.402 e. The van der Waals surface area contributed by atoms with E-state index in [9.17, 15) is 4.79 Å². The third-order valence-electron chi connectivity index (χ3n) is 4.31. The standard InChI is InChI=1S/C22H17NO2/c1-2-15-7-11-18(12-8-15)21-23-20(22(24)25-21)14-16-9-10-17-5-3-4-6-19(17)13-16/h3-14H,2H2,1H3/b20-14-. The van der Waals surface area contributed by atoms with Gasteiger partial charge in [-0.05, 0) is 52.6 Å². The Morgan fingerprint density at radius 1 is 0.960 bits per heavy atom. The van der Waals surface area contributed by atoms with Crippen molar-refractivity contribution in [3.63, 3.8) is 0 Å². The Bertz CT molecular complexity index is 1010. The van der Waals surface area contributed by atoms with Crippen LogP contribution in [0.4, 0.5) is 0 Å². The van der Waals surface area contributed by atoms with E-state index >= 15 is 0 Å². The first-order valence-electron chi connectivity index (χ1n) is 8.33. The molecule has 0 radical (unpaired) electrons. The second-order valence-corrected chi connectivity index (χ2v) is 5.99. The number of aliphatic imine (C=N–C) groups is 1. The highest BCUT2D eigenvalue weighted by atomic mass is 16.6. The molecule has 3 nitrogen and oxygen atoms in total. The van der Waals surface area contributed by atoms with Crippen molar-refractivity contribution in [2.45, 2.75) is 13.3 Å². The Morgan fingerprint density at radius 3 is 2.48 bits per heavy atom. The molecule has 25 heavy (non-hydrogen) atoms. The minimum absolute atomic E-state index is 0.324. The summed E-state index contributed by atoms with van der Waals surface area (Å²) >= 11 is 0. The Hall–Kier alpha value is -3.20. The lowest BCUT2D eigenvalue weighted by molar-refractivity contribution is -0.129. The third-order valence-corrected chi connectivity index (χ3v) is 4.31. The smallest absolute Gasteiger partial charge is 0.363 e. The highest BCUT2D eigenvalue weighted by Crippen LogP contribution is 2.22. The van der Waals surface area contributed by atoms with Crippen LogP contribution >= 0.6 is 0 Å². The summed E-state index contributed by atoms with van der Waals surface area (Å²) in [7, 11) is 0. The number of carbonyl (C=O) groups excluding carboxylic acids is 1. The predicted molar refractivity (Wildman–Crippen MR) is 100 cm³/mol. The van der Waals surface area contributed by atoms with Crippen LogP contribution < -0.4 is 0 Å². The summed E-state index contributed by atoms with van der Waals surface area (Å²) in [5, 5.41) is 2.29. The van der Waals surface area contributed by atoms with Crippen molar-refractivity contribution in [2.24, 2.45) is 4.99 Å². The summed E-state index contributed by atoms with van der Waals surface area (Å²) in [6.07, 6.45) is 2.74. The topological polar surface area (TPSA) is 38.7 Å². The summed E-state index contributed by atoms with van der Waals surface area (Å²) in [5.41, 5.74) is 3.30. The molecule has 0 bridgehead atoms. The molecule has 0 N–H and O–H groups in total. The lowest BCUT2D eigenvalue weighted by Crippen LogP contribution is -2.05. The van der Waals surface area contributed by atoms with Gasteiger partial charge in [0.1, 0.15) is 0 Å². The zero-order chi connectivity index (χ0) is 17.2. The van der Waals surface area contributed by atoms with Crippen molar-refractivity contribution < 1.29 is 9.53 Å². The lowest BCUT2D eigenvalue weighted by Gasteiger charge is -2.00. The van der Waals surface area contributed by atoms with Gasteiger partial charge in [0.25, 0.3) is 0 Å². The molecule has 0 aromatic heterocycles. The molecule has 3 heteroatoms. The molecular weight excluding hydrogens is 310 g/mol. The van der Waals surface area contributed by atoms with E-state index < -0.39 is 5.97 Å². The average molecular weight is 327 g/mol. The molecule has 122 valence electrons. The van der Waals surface area contributed by atoms with E-state index in [1.54, 1.807) is 6.08 Å². The monoisotopic (exact) mass is 327 g/mol. The van der Waals surface area contributed by atoms with Crippen LogP contribution in [0, 0.1) is 0 Å². The molecular formula is C22H17NO2. The van der Waals surface area contributed by atoms with E-state index in [0.717, 1.165) is 22.9 Å². The van der Waals surface area contributed by atoms with Crippen LogP contribution in [0.15, 0.2) is 77.4 Å². The second kappa shape index (κ2) is 6.36. The Kier molecular flexibility index (Phi) is 3.90. The molecule has 1 aliphatic rings. The van der Waals surface area contributed by atoms with Crippen LogP contribution in [0.1, 0.15) is 23.6 Å². The van der Waals surface area contributed by atoms with Gasteiger partial charge in [0, 0.05) is 5.56 Å². The van der Waals surface area contributed by atoms with E-state index in [1.807, 2.05) is 60.7 Å². The minimum Gasteiger partial charge on any atom is -0.402 e. The van der Waals surface area contributed by atoms with E-state index in [-0.39, 0.29) is 0 Å². The van der Waals surface area contributed by atoms with Crippen LogP contribution in [-0.2, 0) is 16.0 Å². The Balaban J connectivity index is 1.67. The number of aryl methyl sites for hydroxylation is 1. The van der Waals surface area contributed by atoms with E-state index in [1.165, 1.54) is 10.9 Å².